The molecule has 0 amide bonds. The van der Waals surface area contributed by atoms with E-state index in [1.165, 1.54) is 193 Å². The summed E-state index contributed by atoms with van der Waals surface area (Å²) < 4.78 is 0. The molecule has 0 saturated heterocycles. The first kappa shape index (κ1) is 38.0. The van der Waals surface area contributed by atoms with Gasteiger partial charge in [0.05, 0.1) is 0 Å². The summed E-state index contributed by atoms with van der Waals surface area (Å²) in [6.45, 7) is 7.39. The van der Waals surface area contributed by atoms with Crippen molar-refractivity contribution >= 4 is 0 Å². The molecule has 0 aliphatic carbocycles. The number of aliphatic hydroxyl groups is 1. The van der Waals surface area contributed by atoms with E-state index in [4.69, 9.17) is 5.11 Å². The van der Waals surface area contributed by atoms with Crippen LogP contribution < -0.4 is 0 Å². The highest BCUT2D eigenvalue weighted by Crippen LogP contribution is 2.33. The summed E-state index contributed by atoms with van der Waals surface area (Å²) in [6.07, 6.45) is 44.3. The summed E-state index contributed by atoms with van der Waals surface area (Å²) in [6, 6.07) is 0. The molecule has 0 radical (unpaired) electrons. The van der Waals surface area contributed by atoms with Crippen LogP contribution in [0.25, 0.3) is 0 Å². The molecule has 1 N–H and O–H groups in total. The third kappa shape index (κ3) is 27.5. The first-order chi connectivity index (χ1) is 18.8. The molecule has 0 aliphatic rings. The lowest BCUT2D eigenvalue weighted by Crippen LogP contribution is -2.16. The lowest BCUT2D eigenvalue weighted by atomic mass is 9.78. The molecule has 0 aliphatic heterocycles. The van der Waals surface area contributed by atoms with Crippen LogP contribution in [0.4, 0.5) is 0 Å². The number of aliphatic hydroxyl groups excluding tert-OH is 1. The Labute approximate surface area is 243 Å². The van der Waals surface area contributed by atoms with Crippen LogP contribution in [0.1, 0.15) is 220 Å². The van der Waals surface area contributed by atoms with Gasteiger partial charge in [0.15, 0.2) is 0 Å². The minimum absolute atomic E-state index is 0.374. The van der Waals surface area contributed by atoms with E-state index in [-0.39, 0.29) is 0 Å². The highest BCUT2D eigenvalue weighted by Gasteiger charge is 2.20. The summed E-state index contributed by atoms with van der Waals surface area (Å²) in [7, 11) is 0. The van der Waals surface area contributed by atoms with E-state index in [0.29, 0.717) is 6.61 Å². The van der Waals surface area contributed by atoms with Gasteiger partial charge in [-0.2, -0.15) is 0 Å². The van der Waals surface area contributed by atoms with Crippen LogP contribution in [-0.2, 0) is 0 Å². The molecule has 1 heteroatoms. The fraction of sp³-hybridized carbons (Fsp3) is 1.00. The molecule has 0 heterocycles. The van der Waals surface area contributed by atoms with Crippen LogP contribution in [-0.4, -0.2) is 11.7 Å². The smallest absolute Gasteiger partial charge is 0.0431 e. The molecule has 1 nitrogen and oxygen atoms in total. The Morgan fingerprint density at radius 2 is 0.500 bits per heavy atom. The van der Waals surface area contributed by atoms with Crippen LogP contribution in [0.2, 0.25) is 0 Å². The van der Waals surface area contributed by atoms with Crippen molar-refractivity contribution in [1.82, 2.24) is 0 Å². The minimum Gasteiger partial charge on any atom is -0.396 e. The predicted molar refractivity (Wildman–Crippen MR) is 174 cm³/mol. The molecule has 0 rings (SSSR count). The van der Waals surface area contributed by atoms with Crippen molar-refractivity contribution in [2.45, 2.75) is 220 Å². The standard InChI is InChI=1S/C37H76O/c1-4-7-10-13-15-19-23-28-34-37(32-27-22-14-11-8-5-2)36(31-26-12-9-6-3)33-29-24-20-17-16-18-21-25-30-35-38/h36-38H,4-35H2,1-3H3. The zero-order valence-electron chi connectivity index (χ0n) is 27.2. The van der Waals surface area contributed by atoms with Crippen LogP contribution in [0.3, 0.4) is 0 Å². The Hall–Kier alpha value is -0.0400. The van der Waals surface area contributed by atoms with Gasteiger partial charge in [-0.25, -0.2) is 0 Å². The van der Waals surface area contributed by atoms with Crippen LogP contribution in [0.5, 0.6) is 0 Å². The van der Waals surface area contributed by atoms with E-state index in [0.717, 1.165) is 18.3 Å². The number of unbranched alkanes of at least 4 members (excludes halogenated alkanes) is 23. The van der Waals surface area contributed by atoms with Gasteiger partial charge in [0, 0.05) is 6.61 Å². The van der Waals surface area contributed by atoms with E-state index in [1.807, 2.05) is 0 Å². The monoisotopic (exact) mass is 537 g/mol. The Morgan fingerprint density at radius 1 is 0.289 bits per heavy atom. The van der Waals surface area contributed by atoms with E-state index in [9.17, 15) is 0 Å². The normalized spacial score (nSPS) is 13.3. The molecular formula is C37H76O. The first-order valence-electron chi connectivity index (χ1n) is 18.4. The van der Waals surface area contributed by atoms with Crippen molar-refractivity contribution in [1.29, 1.82) is 0 Å². The second-order valence-electron chi connectivity index (χ2n) is 12.9. The van der Waals surface area contributed by atoms with Crippen molar-refractivity contribution < 1.29 is 5.11 Å². The predicted octanol–water partition coefficient (Wildman–Crippen LogP) is 13.4. The third-order valence-electron chi connectivity index (χ3n) is 9.19. The molecule has 0 saturated carbocycles. The Balaban J connectivity index is 4.55. The third-order valence-corrected chi connectivity index (χ3v) is 9.19. The Bertz CT molecular complexity index is 406. The molecule has 230 valence electrons. The maximum atomic E-state index is 8.93. The molecule has 0 bridgehead atoms. The van der Waals surface area contributed by atoms with Gasteiger partial charge in [-0.15, -0.1) is 0 Å². The maximum absolute atomic E-state index is 8.93. The molecule has 0 aromatic rings. The summed E-state index contributed by atoms with van der Waals surface area (Å²) in [4.78, 5) is 0. The van der Waals surface area contributed by atoms with Gasteiger partial charge in [0.2, 0.25) is 0 Å². The zero-order chi connectivity index (χ0) is 27.8. The van der Waals surface area contributed by atoms with Crippen LogP contribution in [0, 0.1) is 11.8 Å². The van der Waals surface area contributed by atoms with E-state index in [2.05, 4.69) is 20.8 Å². The molecule has 2 atom stereocenters. The van der Waals surface area contributed by atoms with Crippen molar-refractivity contribution in [3.8, 4) is 0 Å². The summed E-state index contributed by atoms with van der Waals surface area (Å²) in [5.74, 6) is 2.01. The molecule has 0 aromatic heterocycles. The van der Waals surface area contributed by atoms with Gasteiger partial charge in [-0.1, -0.05) is 213 Å². The average molecular weight is 537 g/mol. The highest BCUT2D eigenvalue weighted by atomic mass is 16.2. The number of rotatable bonds is 33. The lowest BCUT2D eigenvalue weighted by molar-refractivity contribution is 0.236. The molecule has 0 spiro atoms. The summed E-state index contributed by atoms with van der Waals surface area (Å²) in [5, 5.41) is 8.93. The number of hydrogen-bond donors (Lipinski definition) is 1. The molecular weight excluding hydrogens is 460 g/mol. The summed E-state index contributed by atoms with van der Waals surface area (Å²) >= 11 is 0. The second-order valence-corrected chi connectivity index (χ2v) is 12.9. The summed E-state index contributed by atoms with van der Waals surface area (Å²) in [5.41, 5.74) is 0. The quantitative estimate of drug-likeness (QED) is 0.0827. The lowest BCUT2D eigenvalue weighted by Gasteiger charge is -2.28. The van der Waals surface area contributed by atoms with Crippen LogP contribution in [0.15, 0.2) is 0 Å². The van der Waals surface area contributed by atoms with Crippen molar-refractivity contribution in [3.05, 3.63) is 0 Å². The average Bonchev–Trinajstić information content (AvgIpc) is 2.93. The van der Waals surface area contributed by atoms with Gasteiger partial charge >= 0.3 is 0 Å². The van der Waals surface area contributed by atoms with E-state index < -0.39 is 0 Å². The van der Waals surface area contributed by atoms with Gasteiger partial charge in [-0.05, 0) is 18.3 Å². The van der Waals surface area contributed by atoms with Crippen molar-refractivity contribution in [2.24, 2.45) is 11.8 Å². The fourth-order valence-electron chi connectivity index (χ4n) is 6.55. The maximum Gasteiger partial charge on any atom is 0.0431 e. The highest BCUT2D eigenvalue weighted by molar-refractivity contribution is 4.72. The second kappa shape index (κ2) is 33.2. The topological polar surface area (TPSA) is 20.2 Å². The first-order valence-corrected chi connectivity index (χ1v) is 18.4. The van der Waals surface area contributed by atoms with E-state index in [1.54, 1.807) is 0 Å². The Morgan fingerprint density at radius 3 is 0.763 bits per heavy atom. The van der Waals surface area contributed by atoms with Gasteiger partial charge in [-0.3, -0.25) is 0 Å². The molecule has 0 fully saturated rings. The molecule has 38 heavy (non-hydrogen) atoms. The van der Waals surface area contributed by atoms with Crippen molar-refractivity contribution in [3.63, 3.8) is 0 Å². The van der Waals surface area contributed by atoms with E-state index >= 15 is 0 Å². The van der Waals surface area contributed by atoms with Gasteiger partial charge in [0.25, 0.3) is 0 Å². The van der Waals surface area contributed by atoms with Gasteiger partial charge < -0.3 is 5.11 Å². The fourth-order valence-corrected chi connectivity index (χ4v) is 6.55. The Kier molecular flexibility index (Phi) is 33.1. The molecule has 2 unspecified atom stereocenters. The van der Waals surface area contributed by atoms with Gasteiger partial charge in [0.1, 0.15) is 0 Å². The van der Waals surface area contributed by atoms with Crippen molar-refractivity contribution in [2.75, 3.05) is 6.61 Å². The number of hydrogen-bond acceptors (Lipinski definition) is 1. The zero-order valence-corrected chi connectivity index (χ0v) is 27.2. The van der Waals surface area contributed by atoms with Crippen LogP contribution >= 0.6 is 0 Å². The SMILES string of the molecule is CCCCCCCCCCC(CCCCCCCC)C(CCCCCC)CCCCCCCCCCCO. The largest absolute Gasteiger partial charge is 0.396 e. The molecule has 0 aromatic carbocycles. The minimum atomic E-state index is 0.374.